The number of nitrogens with zero attached hydrogens (tertiary/aromatic N) is 2. The Morgan fingerprint density at radius 1 is 1.58 bits per heavy atom. The highest BCUT2D eigenvalue weighted by Gasteiger charge is 2.09. The van der Waals surface area contributed by atoms with Crippen molar-refractivity contribution in [3.05, 3.63) is 27.9 Å². The van der Waals surface area contributed by atoms with Crippen LogP contribution in [-0.2, 0) is 0 Å². The molecular weight excluding hydrogens is 203 g/mol. The molecule has 0 saturated heterocycles. The molecule has 0 aliphatic rings. The smallest absolute Gasteiger partial charge is 0.255 e. The fourth-order valence-electron chi connectivity index (χ4n) is 0.625. The zero-order chi connectivity index (χ0) is 9.14. The third kappa shape index (κ3) is 1.78. The minimum atomic E-state index is -0.766. The molecular formula is C6H2Cl2N2O2. The van der Waals surface area contributed by atoms with Gasteiger partial charge >= 0.3 is 0 Å². The molecule has 6 heteroatoms. The summed E-state index contributed by atoms with van der Waals surface area (Å²) in [7, 11) is 0. The maximum absolute atomic E-state index is 10.6. The average molecular weight is 205 g/mol. The molecule has 0 spiro atoms. The molecule has 0 N–H and O–H groups in total. The molecule has 4 nitrogen and oxygen atoms in total. The van der Waals surface area contributed by atoms with Crippen LogP contribution < -0.4 is 0 Å². The van der Waals surface area contributed by atoms with Gasteiger partial charge in [0.25, 0.3) is 5.24 Å². The van der Waals surface area contributed by atoms with Gasteiger partial charge in [0.15, 0.2) is 0 Å². The van der Waals surface area contributed by atoms with Crippen molar-refractivity contribution in [2.24, 2.45) is 5.18 Å². The number of aromatic nitrogens is 1. The van der Waals surface area contributed by atoms with E-state index in [0.717, 1.165) is 6.20 Å². The number of pyridine rings is 1. The Balaban J connectivity index is 3.25. The normalized spacial score (nSPS) is 9.50. The van der Waals surface area contributed by atoms with Crippen LogP contribution in [0.4, 0.5) is 5.69 Å². The molecule has 12 heavy (non-hydrogen) atoms. The zero-order valence-corrected chi connectivity index (χ0v) is 7.13. The molecule has 1 rings (SSSR count). The van der Waals surface area contributed by atoms with E-state index in [2.05, 4.69) is 10.2 Å². The Bertz CT molecular complexity index is 340. The number of carbonyl (C=O) groups excluding carboxylic acids is 1. The standard InChI is InChI=1S/C6H2Cl2N2O2/c7-5-4(6(8)11)1-3(10-12)2-9-5/h1-2H. The lowest BCUT2D eigenvalue weighted by molar-refractivity contribution is 0.108. The Morgan fingerprint density at radius 3 is 2.75 bits per heavy atom. The van der Waals surface area contributed by atoms with Crippen LogP contribution in [0.1, 0.15) is 10.4 Å². The third-order valence-corrected chi connectivity index (χ3v) is 1.65. The van der Waals surface area contributed by atoms with Crippen molar-refractivity contribution >= 4 is 34.1 Å². The molecule has 0 radical (unpaired) electrons. The fraction of sp³-hybridized carbons (Fsp3) is 0. The number of rotatable bonds is 2. The number of halogens is 2. The molecule has 0 bridgehead atoms. The van der Waals surface area contributed by atoms with Crippen molar-refractivity contribution in [3.8, 4) is 0 Å². The molecule has 0 unspecified atom stereocenters. The Morgan fingerprint density at radius 2 is 2.25 bits per heavy atom. The first-order chi connectivity index (χ1) is 5.65. The Hall–Kier alpha value is -1.00. The van der Waals surface area contributed by atoms with Crippen LogP contribution in [0, 0.1) is 4.91 Å². The number of nitroso groups, excluding NO2 is 1. The van der Waals surface area contributed by atoms with E-state index in [9.17, 15) is 9.70 Å². The van der Waals surface area contributed by atoms with Gasteiger partial charge in [-0.2, -0.15) is 0 Å². The molecule has 0 atom stereocenters. The van der Waals surface area contributed by atoms with Gasteiger partial charge in [0.1, 0.15) is 10.8 Å². The summed E-state index contributed by atoms with van der Waals surface area (Å²) in [4.78, 5) is 24.2. The maximum atomic E-state index is 10.6. The molecule has 0 amide bonds. The van der Waals surface area contributed by atoms with Gasteiger partial charge in [0.2, 0.25) is 0 Å². The van der Waals surface area contributed by atoms with E-state index in [0.29, 0.717) is 0 Å². The number of carbonyl (C=O) groups is 1. The lowest BCUT2D eigenvalue weighted by atomic mass is 10.3. The Labute approximate surface area is 77.5 Å². The molecule has 1 aromatic rings. The van der Waals surface area contributed by atoms with Crippen LogP contribution in [-0.4, -0.2) is 10.2 Å². The van der Waals surface area contributed by atoms with Gasteiger partial charge in [-0.25, -0.2) is 4.98 Å². The maximum Gasteiger partial charge on any atom is 0.255 e. The van der Waals surface area contributed by atoms with Crippen LogP contribution in [0.5, 0.6) is 0 Å². The topological polar surface area (TPSA) is 59.4 Å². The highest BCUT2D eigenvalue weighted by atomic mass is 35.5. The fourth-order valence-corrected chi connectivity index (χ4v) is 1.01. The van der Waals surface area contributed by atoms with E-state index in [1.54, 1.807) is 0 Å². The van der Waals surface area contributed by atoms with Gasteiger partial charge in [-0.1, -0.05) is 11.6 Å². The van der Waals surface area contributed by atoms with E-state index in [-0.39, 0.29) is 16.4 Å². The quantitative estimate of drug-likeness (QED) is 0.423. The predicted octanol–water partition coefficient (Wildman–Crippen LogP) is 2.51. The van der Waals surface area contributed by atoms with Gasteiger partial charge in [-0.3, -0.25) is 4.79 Å². The SMILES string of the molecule is O=Nc1cnc(Cl)c(C(=O)Cl)c1. The molecule has 0 aromatic carbocycles. The monoisotopic (exact) mass is 204 g/mol. The third-order valence-electron chi connectivity index (χ3n) is 1.14. The molecule has 62 valence electrons. The summed E-state index contributed by atoms with van der Waals surface area (Å²) in [5, 5.41) is 1.77. The summed E-state index contributed by atoms with van der Waals surface area (Å²) >= 11 is 10.6. The second kappa shape index (κ2) is 3.60. The highest BCUT2D eigenvalue weighted by Crippen LogP contribution is 2.20. The summed E-state index contributed by atoms with van der Waals surface area (Å²) in [6.45, 7) is 0. The van der Waals surface area contributed by atoms with Crippen molar-refractivity contribution in [2.75, 3.05) is 0 Å². The summed E-state index contributed by atoms with van der Waals surface area (Å²) < 4.78 is 0. The summed E-state index contributed by atoms with van der Waals surface area (Å²) in [6, 6.07) is 1.18. The molecule has 0 aliphatic heterocycles. The van der Waals surface area contributed by atoms with Crippen LogP contribution in [0.15, 0.2) is 17.4 Å². The zero-order valence-electron chi connectivity index (χ0n) is 5.62. The van der Waals surface area contributed by atoms with E-state index >= 15 is 0 Å². The van der Waals surface area contributed by atoms with E-state index in [1.165, 1.54) is 6.07 Å². The summed E-state index contributed by atoms with van der Waals surface area (Å²) in [5.74, 6) is 0. The molecule has 1 aromatic heterocycles. The summed E-state index contributed by atoms with van der Waals surface area (Å²) in [5.41, 5.74) is -0.00108. The van der Waals surface area contributed by atoms with Crippen molar-refractivity contribution in [1.82, 2.24) is 4.98 Å². The van der Waals surface area contributed by atoms with Crippen LogP contribution in [0.25, 0.3) is 0 Å². The minimum absolute atomic E-state index is 0.0170. The minimum Gasteiger partial charge on any atom is -0.275 e. The van der Waals surface area contributed by atoms with Crippen LogP contribution in [0.2, 0.25) is 5.15 Å². The van der Waals surface area contributed by atoms with Crippen molar-refractivity contribution in [3.63, 3.8) is 0 Å². The first kappa shape index (κ1) is 9.09. The van der Waals surface area contributed by atoms with Gasteiger partial charge in [0, 0.05) is 0 Å². The van der Waals surface area contributed by atoms with E-state index in [4.69, 9.17) is 23.2 Å². The van der Waals surface area contributed by atoms with Gasteiger partial charge < -0.3 is 0 Å². The van der Waals surface area contributed by atoms with Crippen molar-refractivity contribution in [2.45, 2.75) is 0 Å². The first-order valence-electron chi connectivity index (χ1n) is 2.84. The van der Waals surface area contributed by atoms with E-state index in [1.807, 2.05) is 0 Å². The van der Waals surface area contributed by atoms with Crippen LogP contribution >= 0.6 is 23.2 Å². The Kier molecular flexibility index (Phi) is 2.73. The second-order valence-electron chi connectivity index (χ2n) is 1.90. The molecule has 0 saturated carbocycles. The average Bonchev–Trinajstić information content (AvgIpc) is 2.05. The number of hydrogen-bond donors (Lipinski definition) is 0. The lowest BCUT2D eigenvalue weighted by Gasteiger charge is -1.95. The van der Waals surface area contributed by atoms with E-state index < -0.39 is 5.24 Å². The lowest BCUT2D eigenvalue weighted by Crippen LogP contribution is -1.91. The van der Waals surface area contributed by atoms with Crippen LogP contribution in [0.3, 0.4) is 0 Å². The highest BCUT2D eigenvalue weighted by molar-refractivity contribution is 6.68. The van der Waals surface area contributed by atoms with Crippen molar-refractivity contribution < 1.29 is 4.79 Å². The first-order valence-corrected chi connectivity index (χ1v) is 3.59. The second-order valence-corrected chi connectivity index (χ2v) is 2.60. The molecule has 0 fully saturated rings. The van der Waals surface area contributed by atoms with Gasteiger partial charge in [0.05, 0.1) is 11.8 Å². The number of hydrogen-bond acceptors (Lipinski definition) is 4. The van der Waals surface area contributed by atoms with Gasteiger partial charge in [-0.15, -0.1) is 4.91 Å². The molecule has 0 aliphatic carbocycles. The van der Waals surface area contributed by atoms with Gasteiger partial charge in [-0.05, 0) is 22.8 Å². The van der Waals surface area contributed by atoms with Crippen molar-refractivity contribution in [1.29, 1.82) is 0 Å². The predicted molar refractivity (Wildman–Crippen MR) is 44.9 cm³/mol. The largest absolute Gasteiger partial charge is 0.275 e. The molecule has 1 heterocycles. The summed E-state index contributed by atoms with van der Waals surface area (Å²) in [6.07, 6.45) is 1.15.